The van der Waals surface area contributed by atoms with Crippen LogP contribution in [0.15, 0.2) is 18.2 Å². The Morgan fingerprint density at radius 2 is 2.11 bits per heavy atom. The van der Waals surface area contributed by atoms with E-state index >= 15 is 0 Å². The van der Waals surface area contributed by atoms with Crippen LogP contribution in [0.25, 0.3) is 0 Å². The summed E-state index contributed by atoms with van der Waals surface area (Å²) in [6, 6.07) is 6.12. The highest BCUT2D eigenvalue weighted by Crippen LogP contribution is 2.45. The van der Waals surface area contributed by atoms with Gasteiger partial charge in [0.05, 0.1) is 5.75 Å². The van der Waals surface area contributed by atoms with Gasteiger partial charge in [-0.25, -0.2) is 8.42 Å². The largest absolute Gasteiger partial charge is 0.308 e. The van der Waals surface area contributed by atoms with Crippen LogP contribution in [0.2, 0.25) is 5.02 Å². The Labute approximate surface area is 120 Å². The number of rotatable bonds is 4. The zero-order valence-electron chi connectivity index (χ0n) is 11.5. The maximum atomic E-state index is 11.2. The molecule has 0 aliphatic heterocycles. The van der Waals surface area contributed by atoms with E-state index in [1.807, 2.05) is 12.1 Å². The third-order valence-electron chi connectivity index (χ3n) is 3.67. The Morgan fingerprint density at radius 1 is 1.42 bits per heavy atom. The van der Waals surface area contributed by atoms with Crippen molar-refractivity contribution in [3.8, 4) is 0 Å². The first kappa shape index (κ1) is 14.8. The minimum Gasteiger partial charge on any atom is -0.308 e. The van der Waals surface area contributed by atoms with Crippen molar-refractivity contribution < 1.29 is 8.42 Å². The smallest absolute Gasteiger partial charge is 0.148 e. The second kappa shape index (κ2) is 5.08. The lowest BCUT2D eigenvalue weighted by Gasteiger charge is -2.28. The van der Waals surface area contributed by atoms with Gasteiger partial charge in [-0.15, -0.1) is 0 Å². The van der Waals surface area contributed by atoms with Gasteiger partial charge in [0.15, 0.2) is 0 Å². The summed E-state index contributed by atoms with van der Waals surface area (Å²) in [7, 11) is -2.93. The monoisotopic (exact) mass is 301 g/mol. The van der Waals surface area contributed by atoms with Crippen LogP contribution >= 0.6 is 11.6 Å². The Hall–Kier alpha value is -0.580. The van der Waals surface area contributed by atoms with E-state index in [0.717, 1.165) is 11.4 Å². The summed E-state index contributed by atoms with van der Waals surface area (Å²) in [6.07, 6.45) is 2.25. The lowest BCUT2D eigenvalue weighted by atomic mass is 9.85. The number of halogens is 1. The second-order valence-corrected chi connectivity index (χ2v) is 8.72. The number of nitrogens with one attached hydrogen (secondary N) is 1. The van der Waals surface area contributed by atoms with Gasteiger partial charge >= 0.3 is 0 Å². The van der Waals surface area contributed by atoms with Crippen LogP contribution in [-0.4, -0.2) is 27.0 Å². The molecule has 5 heteroatoms. The van der Waals surface area contributed by atoms with E-state index in [4.69, 9.17) is 11.6 Å². The number of fused-ring (bicyclic) bond motifs is 1. The van der Waals surface area contributed by atoms with Crippen molar-refractivity contribution in [3.63, 3.8) is 0 Å². The number of hydrogen-bond donors (Lipinski definition) is 1. The molecule has 0 amide bonds. The predicted molar refractivity (Wildman–Crippen MR) is 79.4 cm³/mol. The molecule has 1 aromatic rings. The van der Waals surface area contributed by atoms with Crippen molar-refractivity contribution in [2.45, 2.75) is 26.3 Å². The Morgan fingerprint density at radius 3 is 2.74 bits per heavy atom. The Bertz CT molecular complexity index is 581. The third kappa shape index (κ3) is 3.50. The predicted octanol–water partition coefficient (Wildman–Crippen LogP) is 2.60. The maximum absolute atomic E-state index is 11.2. The average molecular weight is 302 g/mol. The molecule has 1 N–H and O–H groups in total. The first-order chi connectivity index (χ1) is 8.69. The molecule has 0 bridgehead atoms. The molecule has 0 fully saturated rings. The van der Waals surface area contributed by atoms with Crippen LogP contribution in [0.4, 0.5) is 0 Å². The average Bonchev–Trinajstić information content (AvgIpc) is 2.48. The number of hydrogen-bond acceptors (Lipinski definition) is 3. The summed E-state index contributed by atoms with van der Waals surface area (Å²) < 4.78 is 22.4. The van der Waals surface area contributed by atoms with E-state index in [2.05, 4.69) is 25.2 Å². The lowest BCUT2D eigenvalue weighted by molar-refractivity contribution is 0.273. The SMILES string of the molecule is CC1(C)Cc2ccc(Cl)cc2C1NCCS(C)(=O)=O. The van der Waals surface area contributed by atoms with Crippen molar-refractivity contribution in [2.75, 3.05) is 18.6 Å². The van der Waals surface area contributed by atoms with Crippen molar-refractivity contribution in [1.82, 2.24) is 5.32 Å². The molecule has 106 valence electrons. The highest BCUT2D eigenvalue weighted by Gasteiger charge is 2.38. The molecule has 0 aromatic heterocycles. The van der Waals surface area contributed by atoms with Gasteiger partial charge in [0.25, 0.3) is 0 Å². The van der Waals surface area contributed by atoms with Crippen molar-refractivity contribution in [3.05, 3.63) is 34.3 Å². The van der Waals surface area contributed by atoms with Gasteiger partial charge in [-0.3, -0.25) is 0 Å². The van der Waals surface area contributed by atoms with Gasteiger partial charge in [-0.05, 0) is 35.1 Å². The molecule has 1 aromatic carbocycles. The summed E-state index contributed by atoms with van der Waals surface area (Å²) >= 11 is 6.06. The van der Waals surface area contributed by atoms with E-state index in [1.54, 1.807) is 0 Å². The first-order valence-electron chi connectivity index (χ1n) is 6.38. The molecule has 1 aliphatic rings. The Balaban J connectivity index is 2.17. The van der Waals surface area contributed by atoms with E-state index in [-0.39, 0.29) is 17.2 Å². The van der Waals surface area contributed by atoms with Crippen LogP contribution in [0.1, 0.15) is 31.0 Å². The van der Waals surface area contributed by atoms with Crippen LogP contribution in [-0.2, 0) is 16.3 Å². The number of sulfone groups is 1. The molecule has 1 aliphatic carbocycles. The highest BCUT2D eigenvalue weighted by molar-refractivity contribution is 7.90. The molecule has 2 rings (SSSR count). The van der Waals surface area contributed by atoms with Gasteiger partial charge in [-0.2, -0.15) is 0 Å². The topological polar surface area (TPSA) is 46.2 Å². The minimum absolute atomic E-state index is 0.0739. The normalized spacial score (nSPS) is 21.4. The molecule has 0 saturated carbocycles. The van der Waals surface area contributed by atoms with Gasteiger partial charge < -0.3 is 5.32 Å². The van der Waals surface area contributed by atoms with Gasteiger partial charge in [0, 0.05) is 23.9 Å². The lowest BCUT2D eigenvalue weighted by Crippen LogP contribution is -2.34. The fraction of sp³-hybridized carbons (Fsp3) is 0.571. The molecule has 0 spiro atoms. The fourth-order valence-corrected chi connectivity index (χ4v) is 3.45. The summed E-state index contributed by atoms with van der Waals surface area (Å²) in [5, 5.41) is 4.10. The molecule has 0 saturated heterocycles. The molecule has 0 heterocycles. The minimum atomic E-state index is -2.93. The van der Waals surface area contributed by atoms with Gasteiger partial charge in [-0.1, -0.05) is 31.5 Å². The molecule has 3 nitrogen and oxygen atoms in total. The zero-order valence-corrected chi connectivity index (χ0v) is 13.1. The van der Waals surface area contributed by atoms with E-state index in [1.165, 1.54) is 17.4 Å². The fourth-order valence-electron chi connectivity index (χ4n) is 2.78. The van der Waals surface area contributed by atoms with Crippen molar-refractivity contribution in [1.29, 1.82) is 0 Å². The highest BCUT2D eigenvalue weighted by atomic mass is 35.5. The van der Waals surface area contributed by atoms with Gasteiger partial charge in [0.2, 0.25) is 0 Å². The number of benzene rings is 1. The summed E-state index contributed by atoms with van der Waals surface area (Å²) in [4.78, 5) is 0. The Kier molecular flexibility index (Phi) is 3.96. The second-order valence-electron chi connectivity index (χ2n) is 6.03. The first-order valence-corrected chi connectivity index (χ1v) is 8.82. The summed E-state index contributed by atoms with van der Waals surface area (Å²) in [5.74, 6) is 0.162. The van der Waals surface area contributed by atoms with Crippen LogP contribution in [0.5, 0.6) is 0 Å². The molecular weight excluding hydrogens is 282 g/mol. The van der Waals surface area contributed by atoms with E-state index in [9.17, 15) is 8.42 Å². The van der Waals surface area contributed by atoms with Crippen LogP contribution < -0.4 is 5.32 Å². The summed E-state index contributed by atoms with van der Waals surface area (Å²) in [6.45, 7) is 4.86. The molecule has 1 atom stereocenters. The zero-order chi connectivity index (χ0) is 14.3. The quantitative estimate of drug-likeness (QED) is 0.930. The van der Waals surface area contributed by atoms with Crippen molar-refractivity contribution in [2.24, 2.45) is 5.41 Å². The van der Waals surface area contributed by atoms with Crippen LogP contribution in [0, 0.1) is 5.41 Å². The van der Waals surface area contributed by atoms with Gasteiger partial charge in [0.1, 0.15) is 9.84 Å². The molecule has 0 radical (unpaired) electrons. The van der Waals surface area contributed by atoms with Crippen LogP contribution in [0.3, 0.4) is 0 Å². The van der Waals surface area contributed by atoms with Crippen molar-refractivity contribution >= 4 is 21.4 Å². The van der Waals surface area contributed by atoms with E-state index in [0.29, 0.717) is 6.54 Å². The third-order valence-corrected chi connectivity index (χ3v) is 4.85. The summed E-state index contributed by atoms with van der Waals surface area (Å²) in [5.41, 5.74) is 2.57. The molecule has 19 heavy (non-hydrogen) atoms. The molecular formula is C14H20ClNO2S. The van der Waals surface area contributed by atoms with E-state index < -0.39 is 9.84 Å². The standard InChI is InChI=1S/C14H20ClNO2S/c1-14(2)9-10-4-5-11(15)8-12(10)13(14)16-6-7-19(3,17)18/h4-5,8,13,16H,6-7,9H2,1-3H3. The maximum Gasteiger partial charge on any atom is 0.148 e. The molecule has 1 unspecified atom stereocenters.